The van der Waals surface area contributed by atoms with Crippen molar-refractivity contribution in [2.75, 3.05) is 125 Å². The van der Waals surface area contributed by atoms with Gasteiger partial charge in [-0.15, -0.1) is 11.3 Å². The van der Waals surface area contributed by atoms with Gasteiger partial charge in [0.15, 0.2) is 0 Å². The highest BCUT2D eigenvalue weighted by Crippen LogP contribution is 2.33. The van der Waals surface area contributed by atoms with Crippen molar-refractivity contribution in [2.24, 2.45) is 5.41 Å². The van der Waals surface area contributed by atoms with Crippen LogP contribution in [0.4, 0.5) is 8.78 Å². The van der Waals surface area contributed by atoms with Crippen LogP contribution in [0.5, 0.6) is 0 Å². The molecule has 0 radical (unpaired) electrons. The summed E-state index contributed by atoms with van der Waals surface area (Å²) >= 11 is 1.57. The van der Waals surface area contributed by atoms with Gasteiger partial charge in [0, 0.05) is 88.1 Å². The van der Waals surface area contributed by atoms with E-state index in [2.05, 4.69) is 35.9 Å². The highest BCUT2D eigenvalue weighted by atomic mass is 32.1. The van der Waals surface area contributed by atoms with E-state index in [4.69, 9.17) is 33.4 Å². The number of likely N-dealkylation sites (tertiary alicyclic amines) is 2. The second kappa shape index (κ2) is 32.8. The zero-order chi connectivity index (χ0) is 62.7. The molecule has 3 aromatic carbocycles. The van der Waals surface area contributed by atoms with Crippen LogP contribution in [0.25, 0.3) is 43.9 Å². The molecule has 4 N–H and O–H groups in total. The average Bonchev–Trinajstić information content (AvgIpc) is 2.54. The number of β-amino-alcohol motifs (C(OH)–C–C–N with tert-alkyl or cyclic N) is 1. The highest BCUT2D eigenvalue weighted by Gasteiger charge is 2.44. The standard InChI is InChI=1S/C64H83F2N11O11S/c1-43-60(89-42-70-43)45-10-8-44(9-11-45)35-69-62(81)56-34-49(78)39-76(56)63(82)61(64(2,3)4)73-57(79)14-20-83-24-26-86-28-30-88-31-29-87-27-25-84-21-15-67-58(80)41-74-16-12-48(13-17-74)77-38-47(36-71-77)55-37-68-54-7-5-6-50(59(54)72-55)46-32-52(65)51(53(66)33-46)40-75-18-22-85-23-19-75/h5-11,32-33,36-38,42,48-49,56,61,78H,12-31,34-35,39-41H2,1-4H3,(H,67,80)(H,69,81)(H,73,79)/t49-,56+,61-/m1/s1. The van der Waals surface area contributed by atoms with Crippen molar-refractivity contribution >= 4 is 46.0 Å². The van der Waals surface area contributed by atoms with Crippen molar-refractivity contribution in [1.82, 2.24) is 55.4 Å². The number of nitrogens with one attached hydrogen (secondary N) is 3. The number of benzene rings is 3. The van der Waals surface area contributed by atoms with Crippen LogP contribution in [0.15, 0.2) is 78.7 Å². The van der Waals surface area contributed by atoms with E-state index in [1.165, 1.54) is 17.0 Å². The number of carbonyl (C=O) groups excluding carboxylic acids is 4. The van der Waals surface area contributed by atoms with Gasteiger partial charge in [-0.05, 0) is 60.1 Å². The third kappa shape index (κ3) is 19.1. The van der Waals surface area contributed by atoms with Crippen LogP contribution < -0.4 is 16.0 Å². The topological polar surface area (TPSA) is 246 Å². The number of hydrogen-bond acceptors (Lipinski definition) is 18. The van der Waals surface area contributed by atoms with Crippen molar-refractivity contribution < 1.29 is 61.5 Å². The Labute approximate surface area is 521 Å². The minimum Gasteiger partial charge on any atom is -0.391 e. The number of ether oxygens (including phenoxy) is 6. The Morgan fingerprint density at radius 1 is 0.775 bits per heavy atom. The molecule has 0 spiro atoms. The number of para-hydroxylation sites is 1. The van der Waals surface area contributed by atoms with Gasteiger partial charge >= 0.3 is 0 Å². The number of halogens is 2. The molecule has 0 unspecified atom stereocenters. The maximum absolute atomic E-state index is 15.4. The van der Waals surface area contributed by atoms with E-state index in [1.807, 2.05) is 79.3 Å². The van der Waals surface area contributed by atoms with Gasteiger partial charge in [-0.25, -0.2) is 18.7 Å². The lowest BCUT2D eigenvalue weighted by molar-refractivity contribution is -0.144. The highest BCUT2D eigenvalue weighted by molar-refractivity contribution is 7.13. The van der Waals surface area contributed by atoms with E-state index in [0.29, 0.717) is 114 Å². The van der Waals surface area contributed by atoms with Crippen molar-refractivity contribution in [2.45, 2.75) is 90.7 Å². The number of hydrogen-bond donors (Lipinski definition) is 4. The summed E-state index contributed by atoms with van der Waals surface area (Å²) in [6.45, 7) is 15.6. The maximum Gasteiger partial charge on any atom is 0.246 e. The fourth-order valence-corrected chi connectivity index (χ4v) is 11.8. The van der Waals surface area contributed by atoms with E-state index in [0.717, 1.165) is 53.2 Å². The number of carbonyl (C=O) groups is 4. The molecule has 3 atom stereocenters. The molecule has 6 aromatic rings. The van der Waals surface area contributed by atoms with Crippen molar-refractivity contribution in [3.63, 3.8) is 0 Å². The molecule has 4 amide bonds. The lowest BCUT2D eigenvalue weighted by Gasteiger charge is -2.35. The van der Waals surface area contributed by atoms with Gasteiger partial charge in [0.25, 0.3) is 0 Å². The molecule has 25 heteroatoms. The number of aryl methyl sites for hydroxylation is 1. The van der Waals surface area contributed by atoms with Crippen LogP contribution in [0.2, 0.25) is 0 Å². The third-order valence-corrected chi connectivity index (χ3v) is 16.9. The second-order valence-corrected chi connectivity index (χ2v) is 24.4. The molecule has 22 nitrogen and oxygen atoms in total. The number of rotatable bonds is 31. The molecule has 3 fully saturated rings. The van der Waals surface area contributed by atoms with E-state index < -0.39 is 41.1 Å². The molecule has 9 rings (SSSR count). The van der Waals surface area contributed by atoms with E-state index in [1.54, 1.807) is 35.9 Å². The average molecular weight is 1250 g/mol. The first-order valence-electron chi connectivity index (χ1n) is 30.6. The van der Waals surface area contributed by atoms with Crippen molar-refractivity contribution in [3.8, 4) is 32.8 Å². The summed E-state index contributed by atoms with van der Waals surface area (Å²) in [5.41, 5.74) is 7.55. The number of piperidine rings is 1. The van der Waals surface area contributed by atoms with Crippen LogP contribution in [0.3, 0.4) is 0 Å². The molecule has 0 bridgehead atoms. The Morgan fingerprint density at radius 3 is 2.09 bits per heavy atom. The molecule has 0 aliphatic carbocycles. The van der Waals surface area contributed by atoms with Gasteiger partial charge in [0.2, 0.25) is 23.6 Å². The number of aliphatic hydroxyl groups is 1. The molecule has 89 heavy (non-hydrogen) atoms. The summed E-state index contributed by atoms with van der Waals surface area (Å²) < 4.78 is 66.2. The van der Waals surface area contributed by atoms with Crippen LogP contribution in [0, 0.1) is 24.0 Å². The first-order valence-corrected chi connectivity index (χ1v) is 31.5. The quantitative estimate of drug-likeness (QED) is 0.0379. The van der Waals surface area contributed by atoms with Crippen LogP contribution in [-0.2, 0) is 60.7 Å². The van der Waals surface area contributed by atoms with Crippen LogP contribution >= 0.6 is 11.3 Å². The molecule has 3 aliphatic heterocycles. The summed E-state index contributed by atoms with van der Waals surface area (Å²) in [6, 6.07) is 14.4. The normalized spacial score (nSPS) is 17.3. The van der Waals surface area contributed by atoms with Crippen LogP contribution in [0.1, 0.15) is 69.3 Å². The summed E-state index contributed by atoms with van der Waals surface area (Å²) in [7, 11) is 0. The fraction of sp³-hybridized carbons (Fsp3) is 0.531. The Balaban J connectivity index is 0.567. The van der Waals surface area contributed by atoms with Gasteiger partial charge in [-0.1, -0.05) is 57.2 Å². The zero-order valence-corrected chi connectivity index (χ0v) is 52.1. The predicted molar refractivity (Wildman–Crippen MR) is 330 cm³/mol. The Kier molecular flexibility index (Phi) is 24.6. The number of nitrogens with zero attached hydrogens (tertiary/aromatic N) is 8. The molecule has 480 valence electrons. The number of amides is 4. The molecule has 0 saturated carbocycles. The molecular formula is C64H83F2N11O11S. The second-order valence-electron chi connectivity index (χ2n) is 23.6. The Bertz CT molecular complexity index is 3260. The molecule has 3 aromatic heterocycles. The SMILES string of the molecule is Cc1ncsc1-c1ccc(CNC(=O)[C@@H]2C[C@@H](O)CN2C(=O)[C@@H](NC(=O)CCOCCOCCOCCOCCOCCNC(=O)CN2CCC(n3cc(-c4cnc5cccc(-c6cc(F)c(CN7CCOCC7)c(F)c6)c5n4)cn3)CC2)C(C)(C)C)cc1. The van der Waals surface area contributed by atoms with Gasteiger partial charge in [-0.3, -0.25) is 38.6 Å². The lowest BCUT2D eigenvalue weighted by Crippen LogP contribution is -2.57. The summed E-state index contributed by atoms with van der Waals surface area (Å²) in [5.74, 6) is -2.44. The number of morpholine rings is 1. The van der Waals surface area contributed by atoms with Crippen molar-refractivity contribution in [3.05, 3.63) is 107 Å². The van der Waals surface area contributed by atoms with Gasteiger partial charge < -0.3 is 54.4 Å². The maximum atomic E-state index is 15.4. The smallest absolute Gasteiger partial charge is 0.246 e. The van der Waals surface area contributed by atoms with E-state index >= 15 is 8.78 Å². The molecule has 6 heterocycles. The first-order chi connectivity index (χ1) is 43.1. The fourth-order valence-electron chi connectivity index (χ4n) is 11.0. The number of fused-ring (bicyclic) bond motifs is 1. The monoisotopic (exact) mass is 1250 g/mol. The molecular weight excluding hydrogens is 1170 g/mol. The minimum absolute atomic E-state index is 0.0146. The minimum atomic E-state index is -0.941. The third-order valence-electron chi connectivity index (χ3n) is 15.9. The lowest BCUT2D eigenvalue weighted by atomic mass is 9.85. The summed E-state index contributed by atoms with van der Waals surface area (Å²) in [6.07, 6.45) is 6.25. The number of thiazole rings is 1. The van der Waals surface area contributed by atoms with E-state index in [-0.39, 0.29) is 81.6 Å². The molecule has 3 aliphatic rings. The Morgan fingerprint density at radius 2 is 1.44 bits per heavy atom. The van der Waals surface area contributed by atoms with E-state index in [9.17, 15) is 24.3 Å². The first kappa shape index (κ1) is 66.6. The number of aliphatic hydroxyl groups excluding tert-OH is 1. The van der Waals surface area contributed by atoms with Crippen molar-refractivity contribution in [1.29, 1.82) is 0 Å². The van der Waals surface area contributed by atoms with Gasteiger partial charge in [0.05, 0.1) is 143 Å². The molecule has 3 saturated heterocycles. The summed E-state index contributed by atoms with van der Waals surface area (Å²) in [4.78, 5) is 73.7. The summed E-state index contributed by atoms with van der Waals surface area (Å²) in [5, 5.41) is 24.0. The van der Waals surface area contributed by atoms with Gasteiger partial charge in [0.1, 0.15) is 23.7 Å². The zero-order valence-electron chi connectivity index (χ0n) is 51.3. The Hall–Kier alpha value is -6.78. The van der Waals surface area contributed by atoms with Gasteiger partial charge in [-0.2, -0.15) is 5.10 Å². The largest absolute Gasteiger partial charge is 0.391 e. The number of aromatic nitrogens is 5. The predicted octanol–water partition coefficient (Wildman–Crippen LogP) is 5.74. The van der Waals surface area contributed by atoms with Crippen LogP contribution in [-0.4, -0.2) is 211 Å².